The number of nitrogens with one attached hydrogen (secondary N) is 1. The highest BCUT2D eigenvalue weighted by Gasteiger charge is 2.17. The fraction of sp³-hybridized carbons (Fsp3) is 0.615. The highest BCUT2D eigenvalue weighted by atomic mass is 16.5. The molecule has 1 fully saturated rings. The smallest absolute Gasteiger partial charge is 0.223 e. The van der Waals surface area contributed by atoms with E-state index in [2.05, 4.69) is 18.8 Å². The van der Waals surface area contributed by atoms with E-state index in [-0.39, 0.29) is 5.91 Å². The van der Waals surface area contributed by atoms with E-state index >= 15 is 0 Å². The Morgan fingerprint density at radius 2 is 2.12 bits per heavy atom. The number of carbonyl (C=O) groups excluding carboxylic acids is 1. The lowest BCUT2D eigenvalue weighted by Crippen LogP contribution is -2.40. The molecule has 1 N–H and O–H groups in total. The number of aromatic amines is 1. The van der Waals surface area contributed by atoms with Crippen LogP contribution in [0.3, 0.4) is 0 Å². The lowest BCUT2D eigenvalue weighted by molar-refractivity contribution is -0.135. The summed E-state index contributed by atoms with van der Waals surface area (Å²) in [5.74, 6) is 0.244. The Balaban J connectivity index is 1.87. The summed E-state index contributed by atoms with van der Waals surface area (Å²) < 4.78 is 5.24. The van der Waals surface area contributed by atoms with Crippen LogP contribution in [-0.2, 0) is 16.0 Å². The van der Waals surface area contributed by atoms with E-state index in [4.69, 9.17) is 4.74 Å². The van der Waals surface area contributed by atoms with Crippen molar-refractivity contribution in [1.82, 2.24) is 9.88 Å². The van der Waals surface area contributed by atoms with Crippen molar-refractivity contribution in [2.24, 2.45) is 0 Å². The van der Waals surface area contributed by atoms with Crippen molar-refractivity contribution in [1.29, 1.82) is 0 Å². The second kappa shape index (κ2) is 5.36. The Kier molecular flexibility index (Phi) is 3.84. The lowest BCUT2D eigenvalue weighted by Gasteiger charge is -2.26. The summed E-state index contributed by atoms with van der Waals surface area (Å²) in [7, 11) is 0. The highest BCUT2D eigenvalue weighted by Crippen LogP contribution is 2.15. The van der Waals surface area contributed by atoms with E-state index in [9.17, 15) is 4.79 Å². The third-order valence-corrected chi connectivity index (χ3v) is 3.39. The van der Waals surface area contributed by atoms with Crippen LogP contribution >= 0.6 is 0 Å². The van der Waals surface area contributed by atoms with Crippen molar-refractivity contribution in [3.05, 3.63) is 23.0 Å². The van der Waals surface area contributed by atoms with Gasteiger partial charge in [-0.2, -0.15) is 0 Å². The van der Waals surface area contributed by atoms with Crippen molar-refractivity contribution < 1.29 is 9.53 Å². The summed E-state index contributed by atoms with van der Waals surface area (Å²) in [6.45, 7) is 6.97. The molecule has 1 amide bonds. The van der Waals surface area contributed by atoms with Crippen LogP contribution in [-0.4, -0.2) is 42.1 Å². The van der Waals surface area contributed by atoms with Gasteiger partial charge in [0.25, 0.3) is 0 Å². The molecule has 1 aromatic heterocycles. The van der Waals surface area contributed by atoms with E-state index < -0.39 is 0 Å². The first-order valence-electron chi connectivity index (χ1n) is 6.17. The zero-order chi connectivity index (χ0) is 12.3. The van der Waals surface area contributed by atoms with Gasteiger partial charge >= 0.3 is 0 Å². The van der Waals surface area contributed by atoms with Crippen molar-refractivity contribution in [2.75, 3.05) is 26.3 Å². The van der Waals surface area contributed by atoms with Gasteiger partial charge in [0, 0.05) is 31.4 Å². The highest BCUT2D eigenvalue weighted by molar-refractivity contribution is 5.76. The van der Waals surface area contributed by atoms with Crippen LogP contribution in [0.25, 0.3) is 0 Å². The molecule has 2 rings (SSSR count). The van der Waals surface area contributed by atoms with Crippen molar-refractivity contribution in [2.45, 2.75) is 26.7 Å². The fourth-order valence-electron chi connectivity index (χ4n) is 2.27. The van der Waals surface area contributed by atoms with Gasteiger partial charge < -0.3 is 14.6 Å². The molecule has 1 aliphatic rings. The number of hydrogen-bond donors (Lipinski definition) is 1. The Hall–Kier alpha value is -1.29. The molecule has 1 aliphatic heterocycles. The number of aryl methyl sites for hydroxylation is 2. The normalized spacial score (nSPS) is 16.2. The molecule has 1 saturated heterocycles. The molecule has 1 aromatic rings. The van der Waals surface area contributed by atoms with E-state index in [1.54, 1.807) is 0 Å². The van der Waals surface area contributed by atoms with Crippen LogP contribution in [0.1, 0.15) is 23.2 Å². The second-order valence-corrected chi connectivity index (χ2v) is 4.57. The van der Waals surface area contributed by atoms with Crippen LogP contribution in [0.15, 0.2) is 6.20 Å². The van der Waals surface area contributed by atoms with E-state index in [1.807, 2.05) is 11.1 Å². The average molecular weight is 236 g/mol. The van der Waals surface area contributed by atoms with Gasteiger partial charge in [0.05, 0.1) is 13.2 Å². The molecule has 0 radical (unpaired) electrons. The summed E-state index contributed by atoms with van der Waals surface area (Å²) in [4.78, 5) is 17.1. The van der Waals surface area contributed by atoms with E-state index in [0.717, 1.165) is 19.5 Å². The molecule has 4 heteroatoms. The number of hydrogen-bond acceptors (Lipinski definition) is 2. The van der Waals surface area contributed by atoms with Gasteiger partial charge in [-0.05, 0) is 31.4 Å². The molecular weight excluding hydrogens is 216 g/mol. The summed E-state index contributed by atoms with van der Waals surface area (Å²) in [5, 5.41) is 0. The fourth-order valence-corrected chi connectivity index (χ4v) is 2.27. The quantitative estimate of drug-likeness (QED) is 0.862. The van der Waals surface area contributed by atoms with Gasteiger partial charge in [0.2, 0.25) is 5.91 Å². The first-order valence-corrected chi connectivity index (χ1v) is 6.17. The second-order valence-electron chi connectivity index (χ2n) is 4.57. The Labute approximate surface area is 102 Å². The average Bonchev–Trinajstić information content (AvgIpc) is 2.67. The molecule has 0 atom stereocenters. The molecule has 0 aliphatic carbocycles. The van der Waals surface area contributed by atoms with Gasteiger partial charge in [-0.3, -0.25) is 4.79 Å². The topological polar surface area (TPSA) is 45.3 Å². The standard InChI is InChI=1S/C13H20N2O2/c1-10-9-14-11(2)12(10)3-4-13(16)15-5-7-17-8-6-15/h9,14H,3-8H2,1-2H3. The van der Waals surface area contributed by atoms with Crippen LogP contribution in [0.5, 0.6) is 0 Å². The van der Waals surface area contributed by atoms with Crippen LogP contribution in [0.4, 0.5) is 0 Å². The van der Waals surface area contributed by atoms with Gasteiger partial charge in [-0.1, -0.05) is 0 Å². The summed E-state index contributed by atoms with van der Waals surface area (Å²) in [6, 6.07) is 0. The monoisotopic (exact) mass is 236 g/mol. The molecule has 94 valence electrons. The number of rotatable bonds is 3. The molecule has 0 saturated carbocycles. The predicted molar refractivity (Wildman–Crippen MR) is 66.0 cm³/mol. The molecule has 0 aromatic carbocycles. The number of nitrogens with zero attached hydrogens (tertiary/aromatic N) is 1. The van der Waals surface area contributed by atoms with E-state index in [1.165, 1.54) is 16.8 Å². The predicted octanol–water partition coefficient (Wildman–Crippen LogP) is 1.42. The first kappa shape index (κ1) is 12.2. The Bertz CT molecular complexity index is 373. The number of amides is 1. The van der Waals surface area contributed by atoms with Crippen molar-refractivity contribution in [3.8, 4) is 0 Å². The number of carbonyl (C=O) groups is 1. The number of ether oxygens (including phenoxy) is 1. The zero-order valence-electron chi connectivity index (χ0n) is 10.6. The molecule has 4 nitrogen and oxygen atoms in total. The number of aromatic nitrogens is 1. The maximum Gasteiger partial charge on any atom is 0.223 e. The van der Waals surface area contributed by atoms with Gasteiger partial charge in [0.1, 0.15) is 0 Å². The summed E-state index contributed by atoms with van der Waals surface area (Å²) in [5.41, 5.74) is 3.71. The third kappa shape index (κ3) is 2.88. The van der Waals surface area contributed by atoms with Gasteiger partial charge in [-0.15, -0.1) is 0 Å². The van der Waals surface area contributed by atoms with Crippen molar-refractivity contribution >= 4 is 5.91 Å². The van der Waals surface area contributed by atoms with Crippen molar-refractivity contribution in [3.63, 3.8) is 0 Å². The minimum absolute atomic E-state index is 0.244. The van der Waals surface area contributed by atoms with Gasteiger partial charge in [-0.25, -0.2) is 0 Å². The molecule has 0 spiro atoms. The van der Waals surface area contributed by atoms with Crippen LogP contribution in [0, 0.1) is 13.8 Å². The molecular formula is C13H20N2O2. The van der Waals surface area contributed by atoms with Gasteiger partial charge in [0.15, 0.2) is 0 Å². The summed E-state index contributed by atoms with van der Waals surface area (Å²) in [6.07, 6.45) is 3.43. The minimum atomic E-state index is 0.244. The SMILES string of the molecule is Cc1c[nH]c(C)c1CCC(=O)N1CCOCC1. The third-order valence-electron chi connectivity index (χ3n) is 3.39. The Morgan fingerprint density at radius 3 is 2.71 bits per heavy atom. The number of morpholine rings is 1. The van der Waals surface area contributed by atoms with Crippen LogP contribution in [0.2, 0.25) is 0 Å². The molecule has 17 heavy (non-hydrogen) atoms. The molecule has 0 unspecified atom stereocenters. The minimum Gasteiger partial charge on any atom is -0.378 e. The largest absolute Gasteiger partial charge is 0.378 e. The molecule has 0 bridgehead atoms. The first-order chi connectivity index (χ1) is 8.18. The summed E-state index contributed by atoms with van der Waals surface area (Å²) >= 11 is 0. The maximum absolute atomic E-state index is 12.0. The molecule has 2 heterocycles. The Morgan fingerprint density at radius 1 is 1.41 bits per heavy atom. The van der Waals surface area contributed by atoms with E-state index in [0.29, 0.717) is 19.6 Å². The maximum atomic E-state index is 12.0. The van der Waals surface area contributed by atoms with Crippen LogP contribution < -0.4 is 0 Å². The lowest BCUT2D eigenvalue weighted by atomic mass is 10.1. The zero-order valence-corrected chi connectivity index (χ0v) is 10.6. The number of H-pyrrole nitrogens is 1.